The van der Waals surface area contributed by atoms with Crippen molar-refractivity contribution in [3.63, 3.8) is 0 Å². The monoisotopic (exact) mass is 217 g/mol. The van der Waals surface area contributed by atoms with Crippen LogP contribution in [-0.2, 0) is 6.42 Å². The fraction of sp³-hybridized carbons (Fsp3) is 0.308. The summed E-state index contributed by atoms with van der Waals surface area (Å²) in [5, 5.41) is 11.4. The smallest absolute Gasteiger partial charge is 0.221 e. The molecule has 1 atom stereocenters. The van der Waals surface area contributed by atoms with Crippen molar-refractivity contribution >= 4 is 10.8 Å². The number of methoxy groups -OCH3 is 1. The maximum Gasteiger partial charge on any atom is 0.221 e. The number of aromatic nitrogens is 1. The number of benzene rings is 1. The van der Waals surface area contributed by atoms with Gasteiger partial charge in [-0.2, -0.15) is 0 Å². The first-order valence-electron chi connectivity index (χ1n) is 5.30. The van der Waals surface area contributed by atoms with Gasteiger partial charge in [0, 0.05) is 11.6 Å². The Hall–Kier alpha value is -1.61. The third-order valence-corrected chi connectivity index (χ3v) is 2.52. The molecule has 0 saturated carbocycles. The summed E-state index contributed by atoms with van der Waals surface area (Å²) in [6, 6.07) is 7.99. The summed E-state index contributed by atoms with van der Waals surface area (Å²) in [4.78, 5) is 4.14. The van der Waals surface area contributed by atoms with Gasteiger partial charge in [0.25, 0.3) is 0 Å². The van der Waals surface area contributed by atoms with Crippen LogP contribution in [0.5, 0.6) is 5.88 Å². The fourth-order valence-corrected chi connectivity index (χ4v) is 1.83. The van der Waals surface area contributed by atoms with Crippen molar-refractivity contribution in [2.75, 3.05) is 7.11 Å². The van der Waals surface area contributed by atoms with Gasteiger partial charge in [-0.05, 0) is 36.4 Å². The number of hydrogen-bond donors (Lipinski definition) is 1. The Morgan fingerprint density at radius 3 is 2.88 bits per heavy atom. The number of fused-ring (bicyclic) bond motifs is 1. The summed E-state index contributed by atoms with van der Waals surface area (Å²) >= 11 is 0. The van der Waals surface area contributed by atoms with Gasteiger partial charge in [0.2, 0.25) is 5.88 Å². The van der Waals surface area contributed by atoms with E-state index in [0.29, 0.717) is 12.3 Å². The lowest BCUT2D eigenvalue weighted by molar-refractivity contribution is 0.195. The number of nitrogens with zero attached hydrogens (tertiary/aromatic N) is 1. The first kappa shape index (κ1) is 10.9. The summed E-state index contributed by atoms with van der Waals surface area (Å²) in [5.41, 5.74) is 1.12. The molecule has 0 aliphatic heterocycles. The minimum absolute atomic E-state index is 0.318. The van der Waals surface area contributed by atoms with Gasteiger partial charge < -0.3 is 9.84 Å². The summed E-state index contributed by atoms with van der Waals surface area (Å²) in [5.74, 6) is 0.640. The molecule has 0 saturated heterocycles. The lowest BCUT2D eigenvalue weighted by Crippen LogP contribution is -2.03. The molecule has 3 nitrogen and oxygen atoms in total. The third-order valence-electron chi connectivity index (χ3n) is 2.52. The third kappa shape index (κ3) is 2.14. The SMILES string of the molecule is COc1nccc2cc(CC(C)O)ccc12. The molecule has 2 aromatic rings. The molecule has 1 heterocycles. The molecule has 0 fully saturated rings. The Balaban J connectivity index is 2.47. The second-order valence-electron chi connectivity index (χ2n) is 3.93. The number of hydrogen-bond acceptors (Lipinski definition) is 3. The van der Waals surface area contributed by atoms with Crippen LogP contribution in [0.1, 0.15) is 12.5 Å². The van der Waals surface area contributed by atoms with Crippen LogP contribution in [0.15, 0.2) is 30.5 Å². The van der Waals surface area contributed by atoms with Crippen LogP contribution in [0.3, 0.4) is 0 Å². The van der Waals surface area contributed by atoms with Gasteiger partial charge in [-0.15, -0.1) is 0 Å². The molecule has 0 aliphatic rings. The fourth-order valence-electron chi connectivity index (χ4n) is 1.83. The first-order valence-corrected chi connectivity index (χ1v) is 5.30. The van der Waals surface area contributed by atoms with Gasteiger partial charge >= 0.3 is 0 Å². The van der Waals surface area contributed by atoms with Crippen LogP contribution in [0.4, 0.5) is 0 Å². The highest BCUT2D eigenvalue weighted by molar-refractivity contribution is 5.87. The number of rotatable bonds is 3. The van der Waals surface area contributed by atoms with Crippen LogP contribution in [-0.4, -0.2) is 23.3 Å². The highest BCUT2D eigenvalue weighted by Crippen LogP contribution is 2.24. The van der Waals surface area contributed by atoms with Crippen LogP contribution < -0.4 is 4.74 Å². The molecule has 0 amide bonds. The van der Waals surface area contributed by atoms with Crippen molar-refractivity contribution in [2.24, 2.45) is 0 Å². The van der Waals surface area contributed by atoms with E-state index >= 15 is 0 Å². The molecule has 0 radical (unpaired) electrons. The van der Waals surface area contributed by atoms with Gasteiger partial charge in [-0.25, -0.2) is 4.98 Å². The summed E-state index contributed by atoms with van der Waals surface area (Å²) in [6.45, 7) is 1.79. The first-order chi connectivity index (χ1) is 7.70. The Labute approximate surface area is 94.7 Å². The minimum Gasteiger partial charge on any atom is -0.481 e. The summed E-state index contributed by atoms with van der Waals surface area (Å²) < 4.78 is 5.19. The number of ether oxygens (including phenoxy) is 1. The molecule has 1 aromatic heterocycles. The lowest BCUT2D eigenvalue weighted by atomic mass is 10.0. The normalized spacial score (nSPS) is 12.7. The van der Waals surface area contributed by atoms with E-state index in [1.54, 1.807) is 20.2 Å². The molecule has 0 aliphatic carbocycles. The maximum absolute atomic E-state index is 9.34. The molecule has 0 bridgehead atoms. The zero-order valence-electron chi connectivity index (χ0n) is 9.47. The molecule has 1 N–H and O–H groups in total. The molecule has 3 heteroatoms. The molecular formula is C13H15NO2. The Bertz CT molecular complexity index is 494. The minimum atomic E-state index is -0.318. The molecule has 84 valence electrons. The van der Waals surface area contributed by atoms with Crippen molar-refractivity contribution < 1.29 is 9.84 Å². The van der Waals surface area contributed by atoms with E-state index in [-0.39, 0.29) is 6.10 Å². The van der Waals surface area contributed by atoms with E-state index in [4.69, 9.17) is 4.74 Å². The van der Waals surface area contributed by atoms with Crippen molar-refractivity contribution in [3.05, 3.63) is 36.0 Å². The zero-order valence-corrected chi connectivity index (χ0v) is 9.47. The Morgan fingerprint density at radius 2 is 2.19 bits per heavy atom. The number of pyridine rings is 1. The maximum atomic E-state index is 9.34. The van der Waals surface area contributed by atoms with Gasteiger partial charge in [0.05, 0.1) is 13.2 Å². The van der Waals surface area contributed by atoms with Gasteiger partial charge in [0.15, 0.2) is 0 Å². The van der Waals surface area contributed by atoms with Crippen LogP contribution >= 0.6 is 0 Å². The van der Waals surface area contributed by atoms with E-state index in [9.17, 15) is 5.11 Å². The van der Waals surface area contributed by atoms with Crippen molar-refractivity contribution in [1.29, 1.82) is 0 Å². The van der Waals surface area contributed by atoms with E-state index < -0.39 is 0 Å². The second kappa shape index (κ2) is 4.49. The van der Waals surface area contributed by atoms with Crippen molar-refractivity contribution in [1.82, 2.24) is 4.98 Å². The van der Waals surface area contributed by atoms with E-state index in [0.717, 1.165) is 16.3 Å². The molecule has 1 aromatic carbocycles. The van der Waals surface area contributed by atoms with Crippen LogP contribution in [0, 0.1) is 0 Å². The predicted molar refractivity (Wildman–Crippen MR) is 63.7 cm³/mol. The van der Waals surface area contributed by atoms with Crippen LogP contribution in [0.2, 0.25) is 0 Å². The lowest BCUT2D eigenvalue weighted by Gasteiger charge is -2.07. The quantitative estimate of drug-likeness (QED) is 0.856. The molecule has 0 spiro atoms. The number of aliphatic hydroxyl groups excluding tert-OH is 1. The van der Waals surface area contributed by atoms with Crippen LogP contribution in [0.25, 0.3) is 10.8 Å². The Morgan fingerprint density at radius 1 is 1.38 bits per heavy atom. The second-order valence-corrected chi connectivity index (χ2v) is 3.93. The van der Waals surface area contributed by atoms with Crippen molar-refractivity contribution in [3.8, 4) is 5.88 Å². The van der Waals surface area contributed by atoms with Gasteiger partial charge in [-0.3, -0.25) is 0 Å². The van der Waals surface area contributed by atoms with E-state index in [1.807, 2.05) is 18.2 Å². The standard InChI is InChI=1S/C13H15NO2/c1-9(15)7-10-3-4-12-11(8-10)5-6-14-13(12)16-2/h3-6,8-9,15H,7H2,1-2H3. The molecule has 16 heavy (non-hydrogen) atoms. The van der Waals surface area contributed by atoms with E-state index in [1.165, 1.54) is 0 Å². The topological polar surface area (TPSA) is 42.4 Å². The highest BCUT2D eigenvalue weighted by atomic mass is 16.5. The number of aliphatic hydroxyl groups is 1. The zero-order chi connectivity index (χ0) is 11.5. The van der Waals surface area contributed by atoms with Crippen molar-refractivity contribution in [2.45, 2.75) is 19.4 Å². The van der Waals surface area contributed by atoms with Gasteiger partial charge in [-0.1, -0.05) is 12.1 Å². The highest BCUT2D eigenvalue weighted by Gasteiger charge is 2.04. The molecule has 1 unspecified atom stereocenters. The summed E-state index contributed by atoms with van der Waals surface area (Å²) in [6.07, 6.45) is 2.08. The average molecular weight is 217 g/mol. The average Bonchev–Trinajstić information content (AvgIpc) is 2.27. The van der Waals surface area contributed by atoms with E-state index in [2.05, 4.69) is 11.1 Å². The Kier molecular flexibility index (Phi) is 3.06. The summed E-state index contributed by atoms with van der Waals surface area (Å²) in [7, 11) is 1.62. The van der Waals surface area contributed by atoms with Gasteiger partial charge in [0.1, 0.15) is 0 Å². The predicted octanol–water partition coefficient (Wildman–Crippen LogP) is 2.17. The largest absolute Gasteiger partial charge is 0.481 e. The molecule has 2 rings (SSSR count). The molecular weight excluding hydrogens is 202 g/mol.